The first-order chi connectivity index (χ1) is 12.7. The zero-order chi connectivity index (χ0) is 18.2. The van der Waals surface area contributed by atoms with Gasteiger partial charge in [0, 0.05) is 13.2 Å². The quantitative estimate of drug-likeness (QED) is 0.634. The lowest BCUT2D eigenvalue weighted by Crippen LogP contribution is -2.26. The van der Waals surface area contributed by atoms with Crippen molar-refractivity contribution < 1.29 is 9.53 Å². The molecule has 1 amide bonds. The molecule has 0 aliphatic rings. The molecule has 0 radical (unpaired) electrons. The van der Waals surface area contributed by atoms with Crippen molar-refractivity contribution in [2.75, 3.05) is 13.2 Å². The summed E-state index contributed by atoms with van der Waals surface area (Å²) < 4.78 is 5.61. The number of aromatic nitrogens is 3. The van der Waals surface area contributed by atoms with E-state index < -0.39 is 0 Å². The standard InChI is InChI=1S/C20H22N4O2/c1-16-19(23-24(22-16)18-11-6-3-7-12-18)20(25)21-13-8-14-26-15-17-9-4-2-5-10-17/h2-7,9-12H,8,13-15H2,1H3,(H,21,25). The SMILES string of the molecule is Cc1nn(-c2ccccc2)nc1C(=O)NCCCOCc1ccccc1. The van der Waals surface area contributed by atoms with Crippen LogP contribution in [0.1, 0.15) is 28.2 Å². The average molecular weight is 350 g/mol. The Morgan fingerprint density at radius 2 is 1.73 bits per heavy atom. The number of hydrogen-bond donors (Lipinski definition) is 1. The Labute approximate surface area is 152 Å². The summed E-state index contributed by atoms with van der Waals surface area (Å²) in [5.74, 6) is -0.215. The van der Waals surface area contributed by atoms with Gasteiger partial charge in [-0.1, -0.05) is 48.5 Å². The van der Waals surface area contributed by atoms with Gasteiger partial charge in [0.05, 0.1) is 18.0 Å². The van der Waals surface area contributed by atoms with Crippen molar-refractivity contribution in [3.05, 3.63) is 77.6 Å². The van der Waals surface area contributed by atoms with Crippen LogP contribution in [0.2, 0.25) is 0 Å². The van der Waals surface area contributed by atoms with Crippen molar-refractivity contribution in [2.24, 2.45) is 0 Å². The fourth-order valence-electron chi connectivity index (χ4n) is 2.49. The summed E-state index contributed by atoms with van der Waals surface area (Å²) in [5.41, 5.74) is 2.92. The molecule has 134 valence electrons. The van der Waals surface area contributed by atoms with E-state index >= 15 is 0 Å². The maximum atomic E-state index is 12.3. The van der Waals surface area contributed by atoms with E-state index in [2.05, 4.69) is 15.5 Å². The van der Waals surface area contributed by atoms with Crippen LogP contribution < -0.4 is 5.32 Å². The molecule has 0 bridgehead atoms. The second kappa shape index (κ2) is 8.92. The minimum atomic E-state index is -0.215. The summed E-state index contributed by atoms with van der Waals surface area (Å²) in [6.45, 7) is 3.49. The highest BCUT2D eigenvalue weighted by molar-refractivity contribution is 5.93. The minimum absolute atomic E-state index is 0.215. The zero-order valence-electron chi connectivity index (χ0n) is 14.8. The summed E-state index contributed by atoms with van der Waals surface area (Å²) in [4.78, 5) is 13.8. The summed E-state index contributed by atoms with van der Waals surface area (Å²) in [7, 11) is 0. The Morgan fingerprint density at radius 3 is 2.46 bits per heavy atom. The van der Waals surface area contributed by atoms with Gasteiger partial charge in [0.15, 0.2) is 5.69 Å². The van der Waals surface area contributed by atoms with Crippen LogP contribution >= 0.6 is 0 Å². The van der Waals surface area contributed by atoms with Crippen LogP contribution in [-0.2, 0) is 11.3 Å². The second-order valence-corrected chi connectivity index (χ2v) is 5.91. The number of aryl methyl sites for hydroxylation is 1. The van der Waals surface area contributed by atoms with Crippen molar-refractivity contribution in [2.45, 2.75) is 20.0 Å². The predicted molar refractivity (Wildman–Crippen MR) is 99.1 cm³/mol. The molecule has 26 heavy (non-hydrogen) atoms. The Morgan fingerprint density at radius 1 is 1.04 bits per heavy atom. The molecule has 0 aliphatic carbocycles. The Hall–Kier alpha value is -2.99. The third-order valence-corrected chi connectivity index (χ3v) is 3.85. The molecular weight excluding hydrogens is 328 g/mol. The van der Waals surface area contributed by atoms with E-state index in [-0.39, 0.29) is 5.91 Å². The monoisotopic (exact) mass is 350 g/mol. The van der Waals surface area contributed by atoms with Crippen LogP contribution in [0.25, 0.3) is 5.69 Å². The Kier molecular flexibility index (Phi) is 6.11. The van der Waals surface area contributed by atoms with Gasteiger partial charge >= 0.3 is 0 Å². The van der Waals surface area contributed by atoms with Gasteiger partial charge in [0.1, 0.15) is 0 Å². The highest BCUT2D eigenvalue weighted by Gasteiger charge is 2.15. The van der Waals surface area contributed by atoms with E-state index in [0.29, 0.717) is 31.1 Å². The summed E-state index contributed by atoms with van der Waals surface area (Å²) in [6, 6.07) is 19.5. The van der Waals surface area contributed by atoms with Gasteiger partial charge in [0.25, 0.3) is 5.91 Å². The van der Waals surface area contributed by atoms with Crippen LogP contribution in [-0.4, -0.2) is 34.1 Å². The fraction of sp³-hybridized carbons (Fsp3) is 0.250. The highest BCUT2D eigenvalue weighted by atomic mass is 16.5. The molecule has 3 aromatic rings. The van der Waals surface area contributed by atoms with Crippen LogP contribution in [0, 0.1) is 6.92 Å². The number of benzene rings is 2. The third kappa shape index (κ3) is 4.77. The van der Waals surface area contributed by atoms with Crippen molar-refractivity contribution in [1.82, 2.24) is 20.3 Å². The number of para-hydroxylation sites is 1. The lowest BCUT2D eigenvalue weighted by atomic mass is 10.2. The van der Waals surface area contributed by atoms with Gasteiger partial charge in [0.2, 0.25) is 0 Å². The number of hydrogen-bond acceptors (Lipinski definition) is 4. The Balaban J connectivity index is 1.43. The van der Waals surface area contributed by atoms with E-state index in [4.69, 9.17) is 4.74 Å². The molecule has 0 fully saturated rings. The van der Waals surface area contributed by atoms with E-state index in [1.807, 2.05) is 60.7 Å². The number of nitrogens with one attached hydrogen (secondary N) is 1. The maximum Gasteiger partial charge on any atom is 0.273 e. The number of ether oxygens (including phenoxy) is 1. The molecule has 0 saturated heterocycles. The molecular formula is C20H22N4O2. The normalized spacial score (nSPS) is 10.7. The second-order valence-electron chi connectivity index (χ2n) is 5.91. The predicted octanol–water partition coefficient (Wildman–Crippen LogP) is 2.91. The molecule has 1 heterocycles. The number of rotatable bonds is 8. The van der Waals surface area contributed by atoms with Crippen LogP contribution in [0.5, 0.6) is 0 Å². The van der Waals surface area contributed by atoms with E-state index in [9.17, 15) is 4.79 Å². The van der Waals surface area contributed by atoms with Crippen molar-refractivity contribution in [3.8, 4) is 5.69 Å². The lowest BCUT2D eigenvalue weighted by Gasteiger charge is -2.05. The summed E-state index contributed by atoms with van der Waals surface area (Å²) in [6.07, 6.45) is 0.741. The van der Waals surface area contributed by atoms with Crippen LogP contribution in [0.3, 0.4) is 0 Å². The average Bonchev–Trinajstić information content (AvgIpc) is 3.08. The van der Waals surface area contributed by atoms with Crippen molar-refractivity contribution in [1.29, 1.82) is 0 Å². The van der Waals surface area contributed by atoms with Crippen LogP contribution in [0.15, 0.2) is 60.7 Å². The first-order valence-corrected chi connectivity index (χ1v) is 8.63. The molecule has 0 unspecified atom stereocenters. The van der Waals surface area contributed by atoms with E-state index in [1.165, 1.54) is 4.80 Å². The van der Waals surface area contributed by atoms with Crippen LogP contribution in [0.4, 0.5) is 0 Å². The third-order valence-electron chi connectivity index (χ3n) is 3.85. The van der Waals surface area contributed by atoms with Crippen molar-refractivity contribution in [3.63, 3.8) is 0 Å². The van der Waals surface area contributed by atoms with Gasteiger partial charge in [-0.25, -0.2) is 0 Å². The molecule has 6 nitrogen and oxygen atoms in total. The maximum absolute atomic E-state index is 12.3. The highest BCUT2D eigenvalue weighted by Crippen LogP contribution is 2.08. The lowest BCUT2D eigenvalue weighted by molar-refractivity contribution is 0.0929. The molecule has 0 atom stereocenters. The largest absolute Gasteiger partial charge is 0.377 e. The number of amides is 1. The molecule has 1 N–H and O–H groups in total. The molecule has 3 rings (SSSR count). The minimum Gasteiger partial charge on any atom is -0.377 e. The topological polar surface area (TPSA) is 69.0 Å². The summed E-state index contributed by atoms with van der Waals surface area (Å²) >= 11 is 0. The van der Waals surface area contributed by atoms with Gasteiger partial charge in [-0.05, 0) is 31.0 Å². The number of carbonyl (C=O) groups excluding carboxylic acids is 1. The Bertz CT molecular complexity index is 832. The molecule has 6 heteroatoms. The molecule has 0 aliphatic heterocycles. The molecule has 0 spiro atoms. The molecule has 2 aromatic carbocycles. The number of carbonyl (C=O) groups is 1. The van der Waals surface area contributed by atoms with Gasteiger partial charge in [-0.15, -0.1) is 5.10 Å². The zero-order valence-corrected chi connectivity index (χ0v) is 14.8. The molecule has 0 saturated carbocycles. The molecule has 1 aromatic heterocycles. The van der Waals surface area contributed by atoms with Gasteiger partial charge in [-0.3, -0.25) is 4.79 Å². The first-order valence-electron chi connectivity index (χ1n) is 8.63. The van der Waals surface area contributed by atoms with Crippen molar-refractivity contribution >= 4 is 5.91 Å². The van der Waals surface area contributed by atoms with E-state index in [1.54, 1.807) is 6.92 Å². The summed E-state index contributed by atoms with van der Waals surface area (Å²) in [5, 5.41) is 11.5. The fourth-order valence-corrected chi connectivity index (χ4v) is 2.49. The van der Waals surface area contributed by atoms with Gasteiger partial charge < -0.3 is 10.1 Å². The first kappa shape index (κ1) is 17.8. The van der Waals surface area contributed by atoms with E-state index in [0.717, 1.165) is 17.7 Å². The smallest absolute Gasteiger partial charge is 0.273 e. The van der Waals surface area contributed by atoms with Gasteiger partial charge in [-0.2, -0.15) is 9.90 Å². The number of nitrogens with zero attached hydrogens (tertiary/aromatic N) is 3.